The van der Waals surface area contributed by atoms with Crippen LogP contribution in [0.15, 0.2) is 6.07 Å². The van der Waals surface area contributed by atoms with Crippen molar-refractivity contribution in [3.8, 4) is 0 Å². The molecule has 0 radical (unpaired) electrons. The zero-order valence-corrected chi connectivity index (χ0v) is 12.4. The topological polar surface area (TPSA) is 50.2 Å². The molecule has 1 aliphatic rings. The Morgan fingerprint density at radius 1 is 1.37 bits per heavy atom. The number of carboxylic acids is 1. The van der Waals surface area contributed by atoms with Gasteiger partial charge in [-0.2, -0.15) is 0 Å². The van der Waals surface area contributed by atoms with Gasteiger partial charge in [-0.05, 0) is 30.4 Å². The number of nitrogens with zero attached hydrogens (tertiary/aromatic N) is 1. The predicted octanol–water partition coefficient (Wildman–Crippen LogP) is 3.76. The van der Waals surface area contributed by atoms with E-state index < -0.39 is 5.97 Å². The Kier molecular flexibility index (Phi) is 3.41. The average molecular weight is 261 g/mol. The standard InChI is InChI=1S/C16H23NO2/c1-9-6-7-11-8-12(15(18)19)14(16(3,4)5)17-13(11)10(9)2/h8-10H,6-7H2,1-5H3,(H,18,19). The Labute approximate surface area is 115 Å². The summed E-state index contributed by atoms with van der Waals surface area (Å²) in [4.78, 5) is 16.2. The molecule has 1 aliphatic carbocycles. The first-order valence-corrected chi connectivity index (χ1v) is 6.99. The van der Waals surface area contributed by atoms with Crippen LogP contribution < -0.4 is 0 Å². The van der Waals surface area contributed by atoms with Crippen LogP contribution in [0.25, 0.3) is 0 Å². The van der Waals surface area contributed by atoms with Gasteiger partial charge in [-0.25, -0.2) is 4.79 Å². The van der Waals surface area contributed by atoms with Gasteiger partial charge in [0, 0.05) is 17.0 Å². The molecule has 0 fully saturated rings. The van der Waals surface area contributed by atoms with Gasteiger partial charge in [0.2, 0.25) is 0 Å². The zero-order valence-electron chi connectivity index (χ0n) is 12.4. The summed E-state index contributed by atoms with van der Waals surface area (Å²) in [5.74, 6) is 0.155. The van der Waals surface area contributed by atoms with Crippen LogP contribution in [-0.2, 0) is 11.8 Å². The van der Waals surface area contributed by atoms with Crippen LogP contribution in [0.1, 0.15) is 74.3 Å². The Morgan fingerprint density at radius 2 is 2.00 bits per heavy atom. The minimum atomic E-state index is -0.869. The predicted molar refractivity (Wildman–Crippen MR) is 75.8 cm³/mol. The molecule has 0 aromatic carbocycles. The van der Waals surface area contributed by atoms with E-state index in [-0.39, 0.29) is 5.41 Å². The number of pyridine rings is 1. The summed E-state index contributed by atoms with van der Waals surface area (Å²) in [6.07, 6.45) is 2.06. The zero-order chi connectivity index (χ0) is 14.4. The summed E-state index contributed by atoms with van der Waals surface area (Å²) in [6.45, 7) is 10.5. The summed E-state index contributed by atoms with van der Waals surface area (Å²) >= 11 is 0. The van der Waals surface area contributed by atoms with E-state index in [2.05, 4.69) is 13.8 Å². The molecule has 1 N–H and O–H groups in total. The largest absolute Gasteiger partial charge is 0.478 e. The lowest BCUT2D eigenvalue weighted by molar-refractivity contribution is 0.0693. The molecule has 2 rings (SSSR count). The van der Waals surface area contributed by atoms with Crippen molar-refractivity contribution >= 4 is 5.97 Å². The van der Waals surface area contributed by atoms with Crippen molar-refractivity contribution < 1.29 is 9.90 Å². The van der Waals surface area contributed by atoms with E-state index in [0.29, 0.717) is 23.1 Å². The molecule has 104 valence electrons. The monoisotopic (exact) mass is 261 g/mol. The van der Waals surface area contributed by atoms with Gasteiger partial charge in [0.05, 0.1) is 11.3 Å². The van der Waals surface area contributed by atoms with Crippen molar-refractivity contribution in [2.45, 2.75) is 58.8 Å². The quantitative estimate of drug-likeness (QED) is 0.837. The van der Waals surface area contributed by atoms with Crippen molar-refractivity contribution in [2.75, 3.05) is 0 Å². The average Bonchev–Trinajstić information content (AvgIpc) is 2.31. The minimum absolute atomic E-state index is 0.247. The number of aromatic carboxylic acids is 1. The summed E-state index contributed by atoms with van der Waals surface area (Å²) in [5, 5.41) is 9.41. The lowest BCUT2D eigenvalue weighted by Gasteiger charge is -2.30. The lowest BCUT2D eigenvalue weighted by atomic mass is 9.78. The molecule has 0 spiro atoms. The molecule has 0 saturated heterocycles. The normalized spacial score (nSPS) is 23.0. The second kappa shape index (κ2) is 4.62. The SMILES string of the molecule is CC1CCc2cc(C(=O)O)c(C(C)(C)C)nc2C1C. The highest BCUT2D eigenvalue weighted by atomic mass is 16.4. The van der Waals surface area contributed by atoms with Gasteiger partial charge in [-0.1, -0.05) is 34.6 Å². The molecular formula is C16H23NO2. The van der Waals surface area contributed by atoms with Gasteiger partial charge < -0.3 is 5.11 Å². The molecule has 19 heavy (non-hydrogen) atoms. The van der Waals surface area contributed by atoms with Crippen LogP contribution in [0.3, 0.4) is 0 Å². The molecule has 1 aromatic heterocycles. The first kappa shape index (κ1) is 14.0. The van der Waals surface area contributed by atoms with E-state index in [0.717, 1.165) is 24.1 Å². The number of carbonyl (C=O) groups is 1. The molecule has 2 unspecified atom stereocenters. The van der Waals surface area contributed by atoms with E-state index in [9.17, 15) is 9.90 Å². The first-order chi connectivity index (χ1) is 8.71. The Balaban J connectivity index is 2.64. The number of aromatic nitrogens is 1. The Morgan fingerprint density at radius 3 is 2.53 bits per heavy atom. The highest BCUT2D eigenvalue weighted by Gasteiger charge is 2.30. The van der Waals surface area contributed by atoms with Gasteiger partial charge in [0.1, 0.15) is 0 Å². The van der Waals surface area contributed by atoms with Gasteiger partial charge in [-0.15, -0.1) is 0 Å². The number of carboxylic acid groups (broad SMARTS) is 1. The van der Waals surface area contributed by atoms with Crippen LogP contribution >= 0.6 is 0 Å². The van der Waals surface area contributed by atoms with Crippen LogP contribution in [-0.4, -0.2) is 16.1 Å². The molecule has 0 bridgehead atoms. The maximum Gasteiger partial charge on any atom is 0.337 e. The van der Waals surface area contributed by atoms with E-state index in [1.807, 2.05) is 26.8 Å². The van der Waals surface area contributed by atoms with Crippen LogP contribution in [0.5, 0.6) is 0 Å². The van der Waals surface area contributed by atoms with Crippen LogP contribution in [0, 0.1) is 5.92 Å². The minimum Gasteiger partial charge on any atom is -0.478 e. The van der Waals surface area contributed by atoms with E-state index in [1.54, 1.807) is 0 Å². The van der Waals surface area contributed by atoms with E-state index in [4.69, 9.17) is 4.98 Å². The van der Waals surface area contributed by atoms with E-state index in [1.165, 1.54) is 0 Å². The molecule has 1 heterocycles. The third-order valence-corrected chi connectivity index (χ3v) is 4.23. The molecular weight excluding hydrogens is 238 g/mol. The number of fused-ring (bicyclic) bond motifs is 1. The number of hydrogen-bond donors (Lipinski definition) is 1. The van der Waals surface area contributed by atoms with Gasteiger partial charge in [0.25, 0.3) is 0 Å². The fourth-order valence-corrected chi connectivity index (χ4v) is 2.80. The van der Waals surface area contributed by atoms with Gasteiger partial charge in [0.15, 0.2) is 0 Å². The first-order valence-electron chi connectivity index (χ1n) is 6.99. The molecule has 0 aliphatic heterocycles. The second-order valence-corrected chi connectivity index (χ2v) is 6.79. The van der Waals surface area contributed by atoms with Crippen molar-refractivity contribution in [3.05, 3.63) is 28.6 Å². The van der Waals surface area contributed by atoms with Crippen LogP contribution in [0.4, 0.5) is 0 Å². The highest BCUT2D eigenvalue weighted by Crippen LogP contribution is 2.37. The maximum absolute atomic E-state index is 11.5. The lowest BCUT2D eigenvalue weighted by Crippen LogP contribution is -2.25. The van der Waals surface area contributed by atoms with Crippen molar-refractivity contribution in [1.82, 2.24) is 4.98 Å². The molecule has 3 heteroatoms. The maximum atomic E-state index is 11.5. The second-order valence-electron chi connectivity index (χ2n) is 6.79. The molecule has 0 amide bonds. The van der Waals surface area contributed by atoms with Crippen molar-refractivity contribution in [1.29, 1.82) is 0 Å². The summed E-state index contributed by atoms with van der Waals surface area (Å²) in [5.41, 5.74) is 3.06. The fraction of sp³-hybridized carbons (Fsp3) is 0.625. The highest BCUT2D eigenvalue weighted by molar-refractivity contribution is 5.89. The van der Waals surface area contributed by atoms with Crippen molar-refractivity contribution in [2.24, 2.45) is 5.92 Å². The van der Waals surface area contributed by atoms with E-state index >= 15 is 0 Å². The third kappa shape index (κ3) is 2.51. The Bertz CT molecular complexity index is 514. The summed E-state index contributed by atoms with van der Waals surface area (Å²) in [7, 11) is 0. The summed E-state index contributed by atoms with van der Waals surface area (Å²) in [6, 6.07) is 1.85. The molecule has 0 saturated carbocycles. The molecule has 3 nitrogen and oxygen atoms in total. The number of aryl methyl sites for hydroxylation is 1. The fourth-order valence-electron chi connectivity index (χ4n) is 2.80. The number of hydrogen-bond acceptors (Lipinski definition) is 2. The number of rotatable bonds is 1. The van der Waals surface area contributed by atoms with Crippen LogP contribution in [0.2, 0.25) is 0 Å². The smallest absolute Gasteiger partial charge is 0.337 e. The Hall–Kier alpha value is -1.38. The van der Waals surface area contributed by atoms with Gasteiger partial charge in [-0.3, -0.25) is 4.98 Å². The molecule has 1 aromatic rings. The summed E-state index contributed by atoms with van der Waals surface area (Å²) < 4.78 is 0. The van der Waals surface area contributed by atoms with Gasteiger partial charge >= 0.3 is 5.97 Å². The third-order valence-electron chi connectivity index (χ3n) is 4.23. The van der Waals surface area contributed by atoms with Crippen molar-refractivity contribution in [3.63, 3.8) is 0 Å². The molecule has 2 atom stereocenters.